The number of carbonyl (C=O) groups is 1. The minimum absolute atomic E-state index is 0.155. The van der Waals surface area contributed by atoms with Gasteiger partial charge < -0.3 is 14.6 Å². The summed E-state index contributed by atoms with van der Waals surface area (Å²) >= 11 is 0. The number of nitrogens with one attached hydrogen (secondary N) is 1. The third-order valence-electron chi connectivity index (χ3n) is 5.30. The van der Waals surface area contributed by atoms with Crippen LogP contribution in [0.15, 0.2) is 40.8 Å². The van der Waals surface area contributed by atoms with E-state index in [9.17, 15) is 9.32 Å². The van der Waals surface area contributed by atoms with Crippen molar-refractivity contribution in [1.82, 2.24) is 10.2 Å². The first-order chi connectivity index (χ1) is 12.2. The normalized spacial score (nSPS) is 25.1. The molecule has 3 aliphatic heterocycles. The van der Waals surface area contributed by atoms with E-state index >= 15 is 0 Å². The highest BCUT2D eigenvalue weighted by Crippen LogP contribution is 2.29. The molecule has 5 nitrogen and oxygen atoms in total. The lowest BCUT2D eigenvalue weighted by Gasteiger charge is -2.44. The minimum atomic E-state index is -0.191. The van der Waals surface area contributed by atoms with Crippen molar-refractivity contribution in [2.45, 2.75) is 25.5 Å². The lowest BCUT2D eigenvalue weighted by atomic mass is 9.84. The Kier molecular flexibility index (Phi) is 4.55. The van der Waals surface area contributed by atoms with Gasteiger partial charge in [-0.25, -0.2) is 0 Å². The fourth-order valence-electron chi connectivity index (χ4n) is 3.92. The van der Waals surface area contributed by atoms with Gasteiger partial charge in [-0.05, 0) is 54.1 Å². The number of piperidine rings is 3. The van der Waals surface area contributed by atoms with Crippen molar-refractivity contribution in [2.24, 2.45) is 5.92 Å². The van der Waals surface area contributed by atoms with Crippen molar-refractivity contribution in [1.29, 1.82) is 0 Å². The van der Waals surface area contributed by atoms with E-state index in [2.05, 4.69) is 15.2 Å². The second-order valence-corrected chi connectivity index (χ2v) is 6.79. The Labute approximate surface area is 145 Å². The summed E-state index contributed by atoms with van der Waals surface area (Å²) in [4.78, 5) is 18.7. The molecule has 0 radical (unpaired) electrons. The first-order valence-electron chi connectivity index (χ1n) is 8.69. The molecule has 1 amide bonds. The van der Waals surface area contributed by atoms with Gasteiger partial charge in [0.1, 0.15) is 12.4 Å². The summed E-state index contributed by atoms with van der Waals surface area (Å²) in [6.45, 7) is 3.03. The van der Waals surface area contributed by atoms with Crippen molar-refractivity contribution in [3.05, 3.63) is 47.7 Å². The molecule has 1 atom stereocenters. The van der Waals surface area contributed by atoms with E-state index in [0.717, 1.165) is 38.0 Å². The Morgan fingerprint density at radius 2 is 2.04 bits per heavy atom. The number of rotatable bonds is 5. The fourth-order valence-corrected chi connectivity index (χ4v) is 3.92. The lowest BCUT2D eigenvalue weighted by molar-refractivity contribution is -0.143. The number of halogens is 1. The summed E-state index contributed by atoms with van der Waals surface area (Å²) in [5.41, 5.74) is 1.39. The lowest BCUT2D eigenvalue weighted by Crippen LogP contribution is -2.57. The topological polar surface area (TPSA) is 54.7 Å². The predicted molar refractivity (Wildman–Crippen MR) is 90.5 cm³/mol. The molecular formula is C19H21FN2O3. The highest BCUT2D eigenvalue weighted by Gasteiger charge is 2.35. The fraction of sp³-hybridized carbons (Fsp3) is 0.421. The average molecular weight is 344 g/mol. The summed E-state index contributed by atoms with van der Waals surface area (Å²) in [6.07, 6.45) is 2.29. The number of benzene rings is 1. The molecule has 2 aromatic rings. The van der Waals surface area contributed by atoms with Crippen LogP contribution >= 0.6 is 0 Å². The molecule has 0 spiro atoms. The van der Waals surface area contributed by atoms with E-state index in [-0.39, 0.29) is 24.3 Å². The molecule has 3 fully saturated rings. The molecule has 132 valence electrons. The molecule has 6 heteroatoms. The number of carbonyl (C=O) groups excluding carboxylic acids is 1. The second kappa shape index (κ2) is 6.98. The smallest absolute Gasteiger partial charge is 0.287 e. The molecule has 0 aliphatic carbocycles. The van der Waals surface area contributed by atoms with E-state index in [0.29, 0.717) is 17.2 Å². The summed E-state index contributed by atoms with van der Waals surface area (Å²) in [5, 5.41) is 3.11. The molecular weight excluding hydrogens is 323 g/mol. The zero-order valence-corrected chi connectivity index (χ0v) is 13.9. The predicted octanol–water partition coefficient (Wildman–Crippen LogP) is 3.17. The summed E-state index contributed by atoms with van der Waals surface area (Å²) in [7, 11) is 0. The van der Waals surface area contributed by atoms with Gasteiger partial charge in [-0.3, -0.25) is 4.79 Å². The third kappa shape index (κ3) is 3.32. The van der Waals surface area contributed by atoms with Gasteiger partial charge in [0.25, 0.3) is 5.91 Å². The number of furan rings is 1. The molecule has 3 aliphatic rings. The number of hydrogen-bond acceptors (Lipinski definition) is 4. The van der Waals surface area contributed by atoms with Crippen LogP contribution in [0.5, 0.6) is 0 Å². The Balaban J connectivity index is 1.48. The van der Waals surface area contributed by atoms with Crippen LogP contribution in [0.1, 0.15) is 29.0 Å². The maximum atomic E-state index is 12.5. The second-order valence-electron chi connectivity index (χ2n) is 6.79. The van der Waals surface area contributed by atoms with Crippen LogP contribution in [0.2, 0.25) is 0 Å². The number of amides is 1. The van der Waals surface area contributed by atoms with Gasteiger partial charge in [0.2, 0.25) is 0 Å². The van der Waals surface area contributed by atoms with E-state index in [1.165, 1.54) is 0 Å². The molecule has 1 N–H and O–H groups in total. The number of hydrogen-bond donors (Lipinski definition) is 1. The van der Waals surface area contributed by atoms with E-state index in [1.807, 2.05) is 18.2 Å². The molecule has 1 aromatic heterocycles. The summed E-state index contributed by atoms with van der Waals surface area (Å²) in [5.74, 6) is 1.18. The Hall–Kier alpha value is -2.18. The zero-order valence-electron chi connectivity index (χ0n) is 13.9. The van der Waals surface area contributed by atoms with Gasteiger partial charge in [0.05, 0.1) is 0 Å². The maximum absolute atomic E-state index is 12.5. The van der Waals surface area contributed by atoms with Crippen molar-refractivity contribution in [3.8, 4) is 11.3 Å². The van der Waals surface area contributed by atoms with Gasteiger partial charge in [-0.1, -0.05) is 24.3 Å². The molecule has 4 heterocycles. The molecule has 5 rings (SSSR count). The number of nitrogens with zero attached hydrogens (tertiary/aromatic N) is 1. The van der Waals surface area contributed by atoms with Crippen LogP contribution in [-0.2, 0) is 11.5 Å². The van der Waals surface area contributed by atoms with Crippen LogP contribution in [0.3, 0.4) is 0 Å². The van der Waals surface area contributed by atoms with Gasteiger partial charge in [-0.2, -0.15) is 4.94 Å². The Morgan fingerprint density at radius 1 is 1.24 bits per heavy atom. The standard InChI is InChI=1S/C19H21FN2O3/c20-24-12-14-3-1-2-4-15(14)17-5-6-18(25-17)19(23)21-16-11-22-9-7-13(16)8-10-22/h1-6,13,16H,7-12H2,(H,21,23)/t16-/m0/s1. The molecule has 0 unspecified atom stereocenters. The quantitative estimate of drug-likeness (QED) is 0.905. The van der Waals surface area contributed by atoms with Crippen LogP contribution in [0, 0.1) is 5.92 Å². The summed E-state index contributed by atoms with van der Waals surface area (Å²) in [6, 6.07) is 10.8. The molecule has 2 bridgehead atoms. The van der Waals surface area contributed by atoms with Crippen LogP contribution < -0.4 is 5.32 Å². The highest BCUT2D eigenvalue weighted by molar-refractivity contribution is 5.92. The average Bonchev–Trinajstić information content (AvgIpc) is 3.14. The highest BCUT2D eigenvalue weighted by atomic mass is 19.3. The largest absolute Gasteiger partial charge is 0.451 e. The van der Waals surface area contributed by atoms with Crippen LogP contribution in [-0.4, -0.2) is 36.5 Å². The Bertz CT molecular complexity index is 753. The van der Waals surface area contributed by atoms with E-state index < -0.39 is 0 Å². The molecule has 25 heavy (non-hydrogen) atoms. The van der Waals surface area contributed by atoms with E-state index in [4.69, 9.17) is 4.42 Å². The van der Waals surface area contributed by atoms with Crippen molar-refractivity contribution in [3.63, 3.8) is 0 Å². The zero-order chi connectivity index (χ0) is 17.2. The molecule has 1 aromatic carbocycles. The van der Waals surface area contributed by atoms with Crippen molar-refractivity contribution < 1.29 is 18.7 Å². The van der Waals surface area contributed by atoms with Crippen molar-refractivity contribution >= 4 is 5.91 Å². The first-order valence-corrected chi connectivity index (χ1v) is 8.69. The monoisotopic (exact) mass is 344 g/mol. The van der Waals surface area contributed by atoms with Gasteiger partial charge >= 0.3 is 0 Å². The Morgan fingerprint density at radius 3 is 2.76 bits per heavy atom. The van der Waals surface area contributed by atoms with Gasteiger partial charge in [0, 0.05) is 18.2 Å². The minimum Gasteiger partial charge on any atom is -0.451 e. The van der Waals surface area contributed by atoms with Gasteiger partial charge in [0.15, 0.2) is 5.76 Å². The SMILES string of the molecule is O=C(N[C@H]1CN2CCC1CC2)c1ccc(-c2ccccc2COF)o1. The van der Waals surface area contributed by atoms with E-state index in [1.54, 1.807) is 18.2 Å². The molecule has 0 saturated carbocycles. The number of fused-ring (bicyclic) bond motifs is 3. The van der Waals surface area contributed by atoms with Gasteiger partial charge in [-0.15, -0.1) is 0 Å². The van der Waals surface area contributed by atoms with Crippen LogP contribution in [0.25, 0.3) is 11.3 Å². The third-order valence-corrected chi connectivity index (χ3v) is 5.30. The summed E-state index contributed by atoms with van der Waals surface area (Å²) < 4.78 is 18.0. The first kappa shape index (κ1) is 16.3. The van der Waals surface area contributed by atoms with Crippen molar-refractivity contribution in [2.75, 3.05) is 19.6 Å². The maximum Gasteiger partial charge on any atom is 0.287 e. The molecule has 3 saturated heterocycles. The van der Waals surface area contributed by atoms with Crippen LogP contribution in [0.4, 0.5) is 4.53 Å².